The second-order valence-corrected chi connectivity index (χ2v) is 8.23. The number of Topliss-reactive ketones (excluding diaryl/α,β-unsaturated/α-hetero) is 1. The topological polar surface area (TPSA) is 35.5 Å². The van der Waals surface area contributed by atoms with Crippen molar-refractivity contribution in [3.05, 3.63) is 66.6 Å². The summed E-state index contributed by atoms with van der Waals surface area (Å²) in [7, 11) is 3.06. The van der Waals surface area contributed by atoms with E-state index in [1.807, 2.05) is 0 Å². The van der Waals surface area contributed by atoms with Crippen LogP contribution in [0.15, 0.2) is 35.4 Å². The van der Waals surface area contributed by atoms with Gasteiger partial charge in [0, 0.05) is 32.3 Å². The third-order valence-electron chi connectivity index (χ3n) is 4.62. The van der Waals surface area contributed by atoms with Crippen LogP contribution < -0.4 is 9.47 Å². The highest BCUT2D eigenvalue weighted by molar-refractivity contribution is 6.36. The van der Waals surface area contributed by atoms with Gasteiger partial charge in [-0.25, -0.2) is 0 Å². The minimum Gasteiger partial charge on any atom is -0.495 e. The van der Waals surface area contributed by atoms with E-state index in [0.29, 0.717) is 66.7 Å². The Hall–Kier alpha value is -1.65. The Morgan fingerprint density at radius 1 is 0.759 bits per heavy atom. The third-order valence-corrected chi connectivity index (χ3v) is 5.62. The Balaban J connectivity index is 2.03. The fraction of sp³-hybridized carbons (Fsp3) is 0.227. The smallest absolute Gasteiger partial charge is 0.185 e. The highest BCUT2D eigenvalue weighted by atomic mass is 35.5. The van der Waals surface area contributed by atoms with Crippen LogP contribution in [0.1, 0.15) is 30.4 Å². The summed E-state index contributed by atoms with van der Waals surface area (Å²) in [5, 5.41) is 1.73. The van der Waals surface area contributed by atoms with E-state index in [1.165, 1.54) is 14.2 Å². The number of carbonyl (C=O) groups excluding carboxylic acids is 1. The molecular formula is C22H18Cl4O3. The highest BCUT2D eigenvalue weighted by Gasteiger charge is 2.22. The summed E-state index contributed by atoms with van der Waals surface area (Å²) in [6, 6.07) is 6.66. The average molecular weight is 472 g/mol. The van der Waals surface area contributed by atoms with Gasteiger partial charge >= 0.3 is 0 Å². The van der Waals surface area contributed by atoms with Gasteiger partial charge in [0.1, 0.15) is 11.5 Å². The molecule has 0 spiro atoms. The van der Waals surface area contributed by atoms with Crippen molar-refractivity contribution in [3.63, 3.8) is 0 Å². The zero-order valence-corrected chi connectivity index (χ0v) is 18.8. The molecule has 3 nitrogen and oxygen atoms in total. The zero-order valence-electron chi connectivity index (χ0n) is 15.8. The minimum atomic E-state index is -0.0486. The van der Waals surface area contributed by atoms with Crippen molar-refractivity contribution in [2.45, 2.75) is 19.3 Å². The highest BCUT2D eigenvalue weighted by Crippen LogP contribution is 2.38. The van der Waals surface area contributed by atoms with E-state index in [4.69, 9.17) is 55.9 Å². The van der Waals surface area contributed by atoms with Gasteiger partial charge in [0.25, 0.3) is 0 Å². The molecule has 0 heterocycles. The quantitative estimate of drug-likeness (QED) is 0.432. The number of allylic oxidation sites excluding steroid dienone is 2. The number of hydrogen-bond donors (Lipinski definition) is 0. The SMILES string of the molecule is COc1c(Cl)cc(Cl)cc1/C=C1\CCC/C(=C\c2cc(Cl)cc(Cl)c2OC)C1=O. The van der Waals surface area contributed by atoms with E-state index >= 15 is 0 Å². The molecule has 29 heavy (non-hydrogen) atoms. The van der Waals surface area contributed by atoms with Gasteiger partial charge in [0.2, 0.25) is 0 Å². The Morgan fingerprint density at radius 2 is 1.17 bits per heavy atom. The van der Waals surface area contributed by atoms with Crippen LogP contribution in [0.4, 0.5) is 0 Å². The van der Waals surface area contributed by atoms with Crippen molar-refractivity contribution < 1.29 is 14.3 Å². The number of benzene rings is 2. The Kier molecular flexibility index (Phi) is 7.18. The van der Waals surface area contributed by atoms with Crippen LogP contribution in [0.5, 0.6) is 11.5 Å². The van der Waals surface area contributed by atoms with Crippen LogP contribution in [-0.4, -0.2) is 20.0 Å². The van der Waals surface area contributed by atoms with Crippen molar-refractivity contribution in [3.8, 4) is 11.5 Å². The second kappa shape index (κ2) is 9.44. The Morgan fingerprint density at radius 3 is 1.55 bits per heavy atom. The number of rotatable bonds is 4. The Bertz CT molecular complexity index is 946. The molecule has 0 amide bonds. The molecule has 2 aromatic rings. The van der Waals surface area contributed by atoms with Crippen LogP contribution in [0.3, 0.4) is 0 Å². The van der Waals surface area contributed by atoms with E-state index in [1.54, 1.807) is 36.4 Å². The maximum absolute atomic E-state index is 13.1. The van der Waals surface area contributed by atoms with Crippen LogP contribution in [0.25, 0.3) is 12.2 Å². The lowest BCUT2D eigenvalue weighted by atomic mass is 9.86. The number of ketones is 1. The van der Waals surface area contributed by atoms with Gasteiger partial charge in [-0.3, -0.25) is 4.79 Å². The van der Waals surface area contributed by atoms with Gasteiger partial charge < -0.3 is 9.47 Å². The summed E-state index contributed by atoms with van der Waals surface area (Å²) >= 11 is 24.7. The average Bonchev–Trinajstić information content (AvgIpc) is 2.64. The van der Waals surface area contributed by atoms with Crippen molar-refractivity contribution in [2.24, 2.45) is 0 Å². The molecule has 152 valence electrons. The number of ether oxygens (including phenoxy) is 2. The molecule has 0 unspecified atom stereocenters. The molecule has 3 rings (SSSR count). The summed E-state index contributed by atoms with van der Waals surface area (Å²) in [5.74, 6) is 0.916. The molecule has 2 aromatic carbocycles. The lowest BCUT2D eigenvalue weighted by molar-refractivity contribution is -0.112. The van der Waals surface area contributed by atoms with Crippen molar-refractivity contribution in [1.29, 1.82) is 0 Å². The van der Waals surface area contributed by atoms with Crippen molar-refractivity contribution in [2.75, 3.05) is 14.2 Å². The Labute approximate surface area is 189 Å². The normalized spacial score (nSPS) is 17.1. The molecule has 0 saturated heterocycles. The van der Waals surface area contributed by atoms with E-state index in [9.17, 15) is 4.79 Å². The first-order chi connectivity index (χ1) is 13.8. The van der Waals surface area contributed by atoms with Gasteiger partial charge in [-0.15, -0.1) is 0 Å². The number of hydrogen-bond acceptors (Lipinski definition) is 3. The van der Waals surface area contributed by atoms with Gasteiger partial charge in [0.15, 0.2) is 5.78 Å². The minimum absolute atomic E-state index is 0.0486. The van der Waals surface area contributed by atoms with Crippen LogP contribution in [0.2, 0.25) is 20.1 Å². The first-order valence-electron chi connectivity index (χ1n) is 8.86. The summed E-state index contributed by atoms with van der Waals surface area (Å²) in [5.41, 5.74) is 2.65. The van der Waals surface area contributed by atoms with E-state index in [2.05, 4.69) is 0 Å². The van der Waals surface area contributed by atoms with E-state index in [-0.39, 0.29) is 5.78 Å². The molecule has 0 N–H and O–H groups in total. The largest absolute Gasteiger partial charge is 0.495 e. The van der Waals surface area contributed by atoms with Gasteiger partial charge in [-0.05, 0) is 55.7 Å². The van der Waals surface area contributed by atoms with Crippen molar-refractivity contribution >= 4 is 64.3 Å². The molecular weight excluding hydrogens is 454 g/mol. The van der Waals surface area contributed by atoms with Gasteiger partial charge in [0.05, 0.1) is 24.3 Å². The molecule has 7 heteroatoms. The molecule has 0 bridgehead atoms. The maximum atomic E-state index is 13.1. The predicted molar refractivity (Wildman–Crippen MR) is 121 cm³/mol. The molecule has 1 aliphatic rings. The van der Waals surface area contributed by atoms with Crippen LogP contribution in [0, 0.1) is 0 Å². The monoisotopic (exact) mass is 470 g/mol. The fourth-order valence-corrected chi connectivity index (χ4v) is 4.53. The standard InChI is InChI=1S/C22H18Cl4O3/c1-28-21-14(8-16(23)10-18(21)25)6-12-4-3-5-13(20(12)27)7-15-9-17(24)11-19(26)22(15)29-2/h6-11H,3-5H2,1-2H3/b12-6+,13-7+. The first-order valence-corrected chi connectivity index (χ1v) is 10.4. The molecule has 0 aliphatic heterocycles. The number of carbonyl (C=O) groups is 1. The number of methoxy groups -OCH3 is 2. The van der Waals surface area contributed by atoms with Gasteiger partial charge in [-0.1, -0.05) is 46.4 Å². The van der Waals surface area contributed by atoms with Crippen LogP contribution >= 0.6 is 46.4 Å². The summed E-state index contributed by atoms with van der Waals surface area (Å²) in [6.45, 7) is 0. The molecule has 0 radical (unpaired) electrons. The summed E-state index contributed by atoms with van der Waals surface area (Å²) in [6.07, 6.45) is 5.70. The van der Waals surface area contributed by atoms with E-state index in [0.717, 1.165) is 6.42 Å². The lowest BCUT2D eigenvalue weighted by Gasteiger charge is -2.18. The molecule has 1 fully saturated rings. The second-order valence-electron chi connectivity index (χ2n) is 6.54. The molecule has 1 saturated carbocycles. The lowest BCUT2D eigenvalue weighted by Crippen LogP contribution is -2.12. The molecule has 0 aromatic heterocycles. The summed E-state index contributed by atoms with van der Waals surface area (Å²) in [4.78, 5) is 13.1. The molecule has 0 atom stereocenters. The predicted octanol–water partition coefficient (Wildman–Crippen LogP) is 7.54. The first kappa shape index (κ1) is 22.0. The maximum Gasteiger partial charge on any atom is 0.185 e. The summed E-state index contributed by atoms with van der Waals surface area (Å²) < 4.78 is 10.8. The molecule has 1 aliphatic carbocycles. The van der Waals surface area contributed by atoms with E-state index < -0.39 is 0 Å². The van der Waals surface area contributed by atoms with Crippen molar-refractivity contribution in [1.82, 2.24) is 0 Å². The van der Waals surface area contributed by atoms with Gasteiger partial charge in [-0.2, -0.15) is 0 Å². The fourth-order valence-electron chi connectivity index (χ4n) is 3.36. The zero-order chi connectivity index (χ0) is 21.1. The number of halogens is 4. The van der Waals surface area contributed by atoms with Crippen LogP contribution in [-0.2, 0) is 4.79 Å². The third kappa shape index (κ3) is 4.92.